The third kappa shape index (κ3) is 4.19. The Balaban J connectivity index is 2.16. The molecule has 0 spiro atoms. The minimum Gasteiger partial charge on any atom is -0.492 e. The maximum absolute atomic E-state index is 5.56. The number of rotatable bonds is 6. The molecule has 6 heteroatoms. The van der Waals surface area contributed by atoms with E-state index in [0.717, 1.165) is 10.0 Å². The van der Waals surface area contributed by atoms with E-state index in [-0.39, 0.29) is 0 Å². The van der Waals surface area contributed by atoms with Crippen molar-refractivity contribution in [3.05, 3.63) is 46.6 Å². The lowest BCUT2D eigenvalue weighted by molar-refractivity contribution is 0.310. The smallest absolute Gasteiger partial charge is 0.174 e. The van der Waals surface area contributed by atoms with E-state index in [1.54, 1.807) is 19.5 Å². The largest absolute Gasteiger partial charge is 0.492 e. The zero-order valence-corrected chi connectivity index (χ0v) is 13.4. The van der Waals surface area contributed by atoms with Crippen LogP contribution in [0, 0.1) is 0 Å². The number of nitrogens with one attached hydrogen (secondary N) is 1. The molecular formula is C15H16BrN3O2. The summed E-state index contributed by atoms with van der Waals surface area (Å²) in [5.74, 6) is 2.03. The van der Waals surface area contributed by atoms with E-state index in [1.165, 1.54) is 0 Å². The molecule has 0 radical (unpaired) electrons. The van der Waals surface area contributed by atoms with Crippen LogP contribution in [0.15, 0.2) is 46.1 Å². The van der Waals surface area contributed by atoms with Crippen molar-refractivity contribution < 1.29 is 9.47 Å². The van der Waals surface area contributed by atoms with Crippen LogP contribution in [-0.2, 0) is 0 Å². The van der Waals surface area contributed by atoms with E-state index in [1.807, 2.05) is 37.3 Å². The predicted octanol–water partition coefficient (Wildman–Crippen LogP) is 3.70. The predicted molar refractivity (Wildman–Crippen MR) is 87.3 cm³/mol. The van der Waals surface area contributed by atoms with Gasteiger partial charge in [0.1, 0.15) is 5.82 Å². The molecule has 1 aromatic heterocycles. The van der Waals surface area contributed by atoms with Crippen molar-refractivity contribution >= 4 is 28.0 Å². The Labute approximate surface area is 132 Å². The second-order valence-corrected chi connectivity index (χ2v) is 4.91. The summed E-state index contributed by atoms with van der Waals surface area (Å²) >= 11 is 3.47. The lowest BCUT2D eigenvalue weighted by Crippen LogP contribution is -1.98. The molecule has 0 bridgehead atoms. The molecule has 0 aliphatic heterocycles. The summed E-state index contributed by atoms with van der Waals surface area (Å²) < 4.78 is 11.7. The number of nitrogens with zero attached hydrogens (tertiary/aromatic N) is 2. The van der Waals surface area contributed by atoms with E-state index in [2.05, 4.69) is 31.4 Å². The first-order chi connectivity index (χ1) is 10.2. The first-order valence-corrected chi connectivity index (χ1v) is 7.24. The molecule has 0 aliphatic carbocycles. The lowest BCUT2D eigenvalue weighted by atomic mass is 10.2. The average Bonchev–Trinajstić information content (AvgIpc) is 2.48. The third-order valence-electron chi connectivity index (χ3n) is 2.59. The van der Waals surface area contributed by atoms with E-state index in [9.17, 15) is 0 Å². The Morgan fingerprint density at radius 1 is 1.38 bits per heavy atom. The number of hydrazone groups is 1. The third-order valence-corrected chi connectivity index (χ3v) is 3.18. The van der Waals surface area contributed by atoms with Gasteiger partial charge >= 0.3 is 0 Å². The zero-order chi connectivity index (χ0) is 15.1. The highest BCUT2D eigenvalue weighted by Crippen LogP contribution is 2.36. The fourth-order valence-corrected chi connectivity index (χ4v) is 2.35. The molecule has 0 fully saturated rings. The van der Waals surface area contributed by atoms with Crippen molar-refractivity contribution in [3.8, 4) is 11.5 Å². The Kier molecular flexibility index (Phi) is 5.57. The van der Waals surface area contributed by atoms with Crippen molar-refractivity contribution in [1.29, 1.82) is 0 Å². The van der Waals surface area contributed by atoms with Crippen molar-refractivity contribution in [2.75, 3.05) is 19.1 Å². The van der Waals surface area contributed by atoms with Gasteiger partial charge in [0, 0.05) is 6.20 Å². The monoisotopic (exact) mass is 349 g/mol. The molecule has 0 saturated heterocycles. The van der Waals surface area contributed by atoms with Crippen LogP contribution in [0.1, 0.15) is 12.5 Å². The minimum atomic E-state index is 0.565. The van der Waals surface area contributed by atoms with E-state index in [0.29, 0.717) is 23.9 Å². The second-order valence-electron chi connectivity index (χ2n) is 4.05. The molecule has 0 atom stereocenters. The molecule has 0 unspecified atom stereocenters. The highest BCUT2D eigenvalue weighted by Gasteiger charge is 2.10. The fourth-order valence-electron chi connectivity index (χ4n) is 1.73. The van der Waals surface area contributed by atoms with Gasteiger partial charge in [-0.1, -0.05) is 6.07 Å². The summed E-state index contributed by atoms with van der Waals surface area (Å²) in [6.07, 6.45) is 3.40. The number of aromatic nitrogens is 1. The molecule has 0 aliphatic rings. The van der Waals surface area contributed by atoms with Crippen LogP contribution in [0.2, 0.25) is 0 Å². The normalized spacial score (nSPS) is 10.6. The molecule has 1 heterocycles. The molecule has 1 N–H and O–H groups in total. The van der Waals surface area contributed by atoms with Gasteiger partial charge < -0.3 is 9.47 Å². The SMILES string of the molecule is CCOc1cc(/C=N/Nc2ccccn2)cc(Br)c1OC. The van der Waals surface area contributed by atoms with Crippen LogP contribution in [0.4, 0.5) is 5.82 Å². The summed E-state index contributed by atoms with van der Waals surface area (Å²) in [5.41, 5.74) is 3.75. The van der Waals surface area contributed by atoms with E-state index in [4.69, 9.17) is 9.47 Å². The number of anilines is 1. The molecule has 2 rings (SSSR count). The fraction of sp³-hybridized carbons (Fsp3) is 0.200. The number of pyridine rings is 1. The molecular weight excluding hydrogens is 334 g/mol. The summed E-state index contributed by atoms with van der Waals surface area (Å²) in [7, 11) is 1.61. The molecule has 5 nitrogen and oxygen atoms in total. The van der Waals surface area contributed by atoms with Crippen molar-refractivity contribution in [1.82, 2.24) is 4.98 Å². The number of ether oxygens (including phenoxy) is 2. The minimum absolute atomic E-state index is 0.565. The van der Waals surface area contributed by atoms with Crippen LogP contribution in [0.3, 0.4) is 0 Å². The number of hydrogen-bond acceptors (Lipinski definition) is 5. The second kappa shape index (κ2) is 7.64. The van der Waals surface area contributed by atoms with Gasteiger partial charge in [-0.05, 0) is 52.7 Å². The first-order valence-electron chi connectivity index (χ1n) is 6.45. The number of hydrogen-bond donors (Lipinski definition) is 1. The molecule has 0 amide bonds. The molecule has 110 valence electrons. The Morgan fingerprint density at radius 2 is 2.24 bits per heavy atom. The standard InChI is InChI=1S/C15H16BrN3O2/c1-3-21-13-9-11(8-12(16)15(13)20-2)10-18-19-14-6-4-5-7-17-14/h4-10H,3H2,1-2H3,(H,17,19)/b18-10+. The van der Waals surface area contributed by atoms with Crippen molar-refractivity contribution in [2.45, 2.75) is 6.92 Å². The Hall–Kier alpha value is -2.08. The quantitative estimate of drug-likeness (QED) is 0.638. The lowest BCUT2D eigenvalue weighted by Gasteiger charge is -2.11. The number of benzene rings is 1. The summed E-state index contributed by atoms with van der Waals surface area (Å²) in [4.78, 5) is 4.12. The van der Waals surface area contributed by atoms with Crippen molar-refractivity contribution in [3.63, 3.8) is 0 Å². The zero-order valence-electron chi connectivity index (χ0n) is 11.8. The van der Waals surface area contributed by atoms with Crippen LogP contribution in [-0.4, -0.2) is 24.9 Å². The summed E-state index contributed by atoms with van der Waals surface area (Å²) in [6, 6.07) is 9.36. The summed E-state index contributed by atoms with van der Waals surface area (Å²) in [5, 5.41) is 4.15. The van der Waals surface area contributed by atoms with E-state index >= 15 is 0 Å². The van der Waals surface area contributed by atoms with Crippen molar-refractivity contribution in [2.24, 2.45) is 5.10 Å². The van der Waals surface area contributed by atoms with Gasteiger partial charge in [-0.2, -0.15) is 5.10 Å². The van der Waals surface area contributed by atoms with Gasteiger partial charge in [-0.25, -0.2) is 4.98 Å². The highest BCUT2D eigenvalue weighted by molar-refractivity contribution is 9.10. The Morgan fingerprint density at radius 3 is 2.90 bits per heavy atom. The van der Waals surface area contributed by atoms with Gasteiger partial charge in [-0.15, -0.1) is 0 Å². The van der Waals surface area contributed by atoms with Gasteiger partial charge in [0.15, 0.2) is 11.5 Å². The summed E-state index contributed by atoms with van der Waals surface area (Å²) in [6.45, 7) is 2.49. The molecule has 1 aromatic carbocycles. The molecule has 2 aromatic rings. The first kappa shape index (κ1) is 15.3. The van der Waals surface area contributed by atoms with Gasteiger partial charge in [0.2, 0.25) is 0 Å². The maximum Gasteiger partial charge on any atom is 0.174 e. The molecule has 0 saturated carbocycles. The van der Waals surface area contributed by atoms with Crippen LogP contribution < -0.4 is 14.9 Å². The topological polar surface area (TPSA) is 55.7 Å². The van der Waals surface area contributed by atoms with Crippen LogP contribution >= 0.6 is 15.9 Å². The van der Waals surface area contributed by atoms with Gasteiger partial charge in [0.25, 0.3) is 0 Å². The highest BCUT2D eigenvalue weighted by atomic mass is 79.9. The maximum atomic E-state index is 5.56. The number of halogens is 1. The molecule has 21 heavy (non-hydrogen) atoms. The Bertz CT molecular complexity index is 618. The van der Waals surface area contributed by atoms with Crippen LogP contribution in [0.5, 0.6) is 11.5 Å². The van der Waals surface area contributed by atoms with Gasteiger partial charge in [0.05, 0.1) is 24.4 Å². The van der Waals surface area contributed by atoms with Crippen LogP contribution in [0.25, 0.3) is 0 Å². The number of methoxy groups -OCH3 is 1. The van der Waals surface area contributed by atoms with Gasteiger partial charge in [-0.3, -0.25) is 5.43 Å². The average molecular weight is 350 g/mol. The van der Waals surface area contributed by atoms with E-state index < -0.39 is 0 Å².